The van der Waals surface area contributed by atoms with Gasteiger partial charge >= 0.3 is 0 Å². The number of rotatable bonds is 4. The van der Waals surface area contributed by atoms with E-state index >= 15 is 0 Å². The van der Waals surface area contributed by atoms with Crippen molar-refractivity contribution in [1.29, 1.82) is 0 Å². The van der Waals surface area contributed by atoms with E-state index in [4.69, 9.17) is 0 Å². The van der Waals surface area contributed by atoms with Gasteiger partial charge in [0, 0.05) is 6.54 Å². The van der Waals surface area contributed by atoms with E-state index in [0.717, 1.165) is 32.1 Å². The number of carbonyl (C=O) groups excluding carboxylic acids is 2. The topological polar surface area (TPSA) is 49.4 Å². The molecule has 21 heavy (non-hydrogen) atoms. The largest absolute Gasteiger partial charge is 0.340 e. The van der Waals surface area contributed by atoms with Gasteiger partial charge in [0.15, 0.2) is 0 Å². The molecule has 114 valence electrons. The minimum atomic E-state index is -0.600. The highest BCUT2D eigenvalue weighted by Gasteiger charge is 2.51. The van der Waals surface area contributed by atoms with Crippen LogP contribution in [0.15, 0.2) is 16.8 Å². The molecule has 2 amide bonds. The maximum Gasteiger partial charge on any atom is 0.249 e. The lowest BCUT2D eigenvalue weighted by atomic mass is 9.90. The van der Waals surface area contributed by atoms with Gasteiger partial charge in [0.1, 0.15) is 11.6 Å². The third-order valence-electron chi connectivity index (χ3n) is 4.78. The summed E-state index contributed by atoms with van der Waals surface area (Å²) in [5.74, 6) is 0.172. The van der Waals surface area contributed by atoms with Gasteiger partial charge in [-0.2, -0.15) is 11.3 Å². The number of amides is 2. The molecule has 0 radical (unpaired) electrons. The van der Waals surface area contributed by atoms with Crippen molar-refractivity contribution < 1.29 is 9.59 Å². The summed E-state index contributed by atoms with van der Waals surface area (Å²) >= 11 is 1.67. The van der Waals surface area contributed by atoms with Crippen molar-refractivity contribution in [2.24, 2.45) is 0 Å². The number of carbonyl (C=O) groups is 2. The van der Waals surface area contributed by atoms with Crippen LogP contribution < -0.4 is 5.32 Å². The molecule has 1 aliphatic carbocycles. The summed E-state index contributed by atoms with van der Waals surface area (Å²) in [5.41, 5.74) is 0.645. The van der Waals surface area contributed by atoms with E-state index in [0.29, 0.717) is 13.0 Å². The van der Waals surface area contributed by atoms with Crippen molar-refractivity contribution in [2.75, 3.05) is 6.54 Å². The summed E-state index contributed by atoms with van der Waals surface area (Å²) in [5, 5.41) is 7.20. The predicted octanol–water partition coefficient (Wildman–Crippen LogP) is 2.34. The zero-order chi connectivity index (χ0) is 14.9. The summed E-state index contributed by atoms with van der Waals surface area (Å²) < 4.78 is 0. The normalized spacial score (nSPS) is 24.6. The van der Waals surface area contributed by atoms with Crippen LogP contribution in [0.25, 0.3) is 0 Å². The molecular formula is C16H22N2O2S. The van der Waals surface area contributed by atoms with Crippen molar-refractivity contribution in [1.82, 2.24) is 10.2 Å². The fraction of sp³-hybridized carbons (Fsp3) is 0.625. The minimum Gasteiger partial charge on any atom is -0.340 e. The Morgan fingerprint density at radius 3 is 2.76 bits per heavy atom. The standard InChI is InChI=1S/C16H22N2O2S/c1-2-13-14(19)17-16(7-3-4-8-16)15(20)18(13)9-5-12-6-10-21-11-12/h6,10-11,13H,2-5,7-9H2,1H3,(H,17,19). The fourth-order valence-corrected chi connectivity index (χ4v) is 4.30. The van der Waals surface area contributed by atoms with Gasteiger partial charge in [0.05, 0.1) is 0 Å². The van der Waals surface area contributed by atoms with Crippen molar-refractivity contribution in [3.05, 3.63) is 22.4 Å². The Morgan fingerprint density at radius 1 is 1.38 bits per heavy atom. The lowest BCUT2D eigenvalue weighted by molar-refractivity contribution is -0.155. The van der Waals surface area contributed by atoms with E-state index in [1.807, 2.05) is 11.8 Å². The molecule has 1 aliphatic heterocycles. The second-order valence-electron chi connectivity index (χ2n) is 6.08. The number of hydrogen-bond donors (Lipinski definition) is 1. The number of piperazine rings is 1. The average Bonchev–Trinajstić information content (AvgIpc) is 3.13. The molecule has 1 aromatic heterocycles. The lowest BCUT2D eigenvalue weighted by Gasteiger charge is -2.44. The number of nitrogens with zero attached hydrogens (tertiary/aromatic N) is 1. The van der Waals surface area contributed by atoms with E-state index in [9.17, 15) is 9.59 Å². The Bertz CT molecular complexity index is 520. The summed E-state index contributed by atoms with van der Waals surface area (Å²) in [6.45, 7) is 2.62. The maximum atomic E-state index is 12.9. The molecule has 1 spiro atoms. The summed E-state index contributed by atoms with van der Waals surface area (Å²) in [7, 11) is 0. The van der Waals surface area contributed by atoms with E-state index < -0.39 is 5.54 Å². The van der Waals surface area contributed by atoms with Gasteiger partial charge in [-0.05, 0) is 48.1 Å². The first-order valence-electron chi connectivity index (χ1n) is 7.80. The van der Waals surface area contributed by atoms with Crippen molar-refractivity contribution in [3.8, 4) is 0 Å². The molecule has 1 unspecified atom stereocenters. The molecule has 3 rings (SSSR count). The molecule has 1 atom stereocenters. The smallest absolute Gasteiger partial charge is 0.249 e. The van der Waals surface area contributed by atoms with Crippen LogP contribution in [0.5, 0.6) is 0 Å². The summed E-state index contributed by atoms with van der Waals surface area (Å²) in [4.78, 5) is 27.2. The van der Waals surface area contributed by atoms with Gasteiger partial charge in [-0.25, -0.2) is 0 Å². The molecule has 2 heterocycles. The van der Waals surface area contributed by atoms with Crippen LogP contribution in [0.1, 0.15) is 44.6 Å². The van der Waals surface area contributed by atoms with Crippen LogP contribution >= 0.6 is 11.3 Å². The van der Waals surface area contributed by atoms with E-state index in [2.05, 4.69) is 22.1 Å². The molecule has 5 heteroatoms. The third kappa shape index (κ3) is 2.59. The van der Waals surface area contributed by atoms with Crippen LogP contribution in [0, 0.1) is 0 Å². The minimum absolute atomic E-state index is 0.0318. The maximum absolute atomic E-state index is 12.9. The van der Waals surface area contributed by atoms with E-state index in [-0.39, 0.29) is 17.9 Å². The van der Waals surface area contributed by atoms with Crippen molar-refractivity contribution in [2.45, 2.75) is 57.0 Å². The zero-order valence-corrected chi connectivity index (χ0v) is 13.2. The first-order valence-corrected chi connectivity index (χ1v) is 8.75. The molecule has 1 saturated heterocycles. The number of thiophene rings is 1. The molecule has 1 saturated carbocycles. The quantitative estimate of drug-likeness (QED) is 0.928. The summed E-state index contributed by atoms with van der Waals surface area (Å²) in [6.07, 6.45) is 5.15. The Labute approximate surface area is 129 Å². The van der Waals surface area contributed by atoms with Crippen molar-refractivity contribution >= 4 is 23.2 Å². The van der Waals surface area contributed by atoms with Crippen LogP contribution in [0.4, 0.5) is 0 Å². The first kappa shape index (κ1) is 14.6. The van der Waals surface area contributed by atoms with Gasteiger partial charge in [-0.15, -0.1) is 0 Å². The van der Waals surface area contributed by atoms with Gasteiger partial charge in [-0.3, -0.25) is 9.59 Å². The number of nitrogens with one attached hydrogen (secondary N) is 1. The highest BCUT2D eigenvalue weighted by atomic mass is 32.1. The molecule has 0 aromatic carbocycles. The Balaban J connectivity index is 1.79. The van der Waals surface area contributed by atoms with Gasteiger partial charge in [0.2, 0.25) is 11.8 Å². The highest BCUT2D eigenvalue weighted by Crippen LogP contribution is 2.35. The van der Waals surface area contributed by atoms with Crippen LogP contribution in [0.3, 0.4) is 0 Å². The molecule has 2 fully saturated rings. The van der Waals surface area contributed by atoms with Crippen LogP contribution in [0.2, 0.25) is 0 Å². The van der Waals surface area contributed by atoms with Crippen LogP contribution in [-0.2, 0) is 16.0 Å². The molecular weight excluding hydrogens is 284 g/mol. The fourth-order valence-electron chi connectivity index (χ4n) is 3.60. The lowest BCUT2D eigenvalue weighted by Crippen LogP contribution is -2.69. The highest BCUT2D eigenvalue weighted by molar-refractivity contribution is 7.07. The molecule has 1 N–H and O–H groups in total. The molecule has 4 nitrogen and oxygen atoms in total. The Kier molecular flexibility index (Phi) is 4.02. The average molecular weight is 306 g/mol. The molecule has 1 aromatic rings. The van der Waals surface area contributed by atoms with Gasteiger partial charge in [0.25, 0.3) is 0 Å². The first-order chi connectivity index (χ1) is 10.2. The zero-order valence-electron chi connectivity index (χ0n) is 12.4. The van der Waals surface area contributed by atoms with Gasteiger partial charge < -0.3 is 10.2 Å². The monoisotopic (exact) mass is 306 g/mol. The van der Waals surface area contributed by atoms with E-state index in [1.165, 1.54) is 5.56 Å². The molecule has 2 aliphatic rings. The molecule has 0 bridgehead atoms. The van der Waals surface area contributed by atoms with E-state index in [1.54, 1.807) is 11.3 Å². The van der Waals surface area contributed by atoms with Crippen molar-refractivity contribution in [3.63, 3.8) is 0 Å². The predicted molar refractivity (Wildman–Crippen MR) is 83.2 cm³/mol. The second kappa shape index (κ2) is 5.79. The summed E-state index contributed by atoms with van der Waals surface area (Å²) in [6, 6.07) is 1.79. The SMILES string of the molecule is CCC1C(=O)NC2(CCCC2)C(=O)N1CCc1ccsc1. The number of hydrogen-bond acceptors (Lipinski definition) is 3. The second-order valence-corrected chi connectivity index (χ2v) is 6.86. The van der Waals surface area contributed by atoms with Gasteiger partial charge in [-0.1, -0.05) is 19.8 Å². The van der Waals surface area contributed by atoms with Crippen LogP contribution in [-0.4, -0.2) is 34.8 Å². The Hall–Kier alpha value is -1.36. The Morgan fingerprint density at radius 2 is 2.14 bits per heavy atom. The third-order valence-corrected chi connectivity index (χ3v) is 5.51.